The van der Waals surface area contributed by atoms with E-state index >= 15 is 0 Å². The summed E-state index contributed by atoms with van der Waals surface area (Å²) in [5, 5.41) is 11.2. The highest BCUT2D eigenvalue weighted by Gasteiger charge is 2.26. The van der Waals surface area contributed by atoms with E-state index in [0.29, 0.717) is 6.42 Å². The van der Waals surface area contributed by atoms with Crippen LogP contribution in [0.25, 0.3) is 0 Å². The minimum absolute atomic E-state index is 0.0283. The first-order valence-corrected chi connectivity index (χ1v) is 6.45. The van der Waals surface area contributed by atoms with Crippen LogP contribution in [0.4, 0.5) is 5.69 Å². The minimum Gasteiger partial charge on any atom is -0.385 e. The second-order valence-corrected chi connectivity index (χ2v) is 4.88. The monoisotopic (exact) mass is 256 g/mol. The van der Waals surface area contributed by atoms with Gasteiger partial charge in [0.05, 0.1) is 12.1 Å². The van der Waals surface area contributed by atoms with Crippen molar-refractivity contribution in [3.8, 4) is 0 Å². The fraction of sp³-hybridized carbons (Fsp3) is 0.357. The number of nitrogens with zero attached hydrogens (tertiary/aromatic N) is 3. The Kier molecular flexibility index (Phi) is 3.03. The summed E-state index contributed by atoms with van der Waals surface area (Å²) in [5.41, 5.74) is 2.91. The van der Waals surface area contributed by atoms with Crippen LogP contribution in [0.15, 0.2) is 30.5 Å². The molecule has 0 spiro atoms. The zero-order valence-electron chi connectivity index (χ0n) is 10.8. The molecule has 1 aromatic carbocycles. The number of rotatable bonds is 3. The molecule has 5 heteroatoms. The minimum atomic E-state index is -0.0283. The number of hydrogen-bond donors (Lipinski definition) is 1. The quantitative estimate of drug-likeness (QED) is 0.904. The van der Waals surface area contributed by atoms with Crippen LogP contribution in [0.3, 0.4) is 0 Å². The van der Waals surface area contributed by atoms with Crippen LogP contribution in [-0.4, -0.2) is 27.3 Å². The number of ketones is 1. The number of aryl methyl sites for hydroxylation is 1. The molecular formula is C14H16N4O. The second kappa shape index (κ2) is 4.84. The Morgan fingerprint density at radius 2 is 2.32 bits per heavy atom. The lowest BCUT2D eigenvalue weighted by Crippen LogP contribution is -2.24. The molecule has 19 heavy (non-hydrogen) atoms. The van der Waals surface area contributed by atoms with Gasteiger partial charge in [0.1, 0.15) is 5.78 Å². The highest BCUT2D eigenvalue weighted by molar-refractivity contribution is 5.89. The smallest absolute Gasteiger partial charge is 0.146 e. The largest absolute Gasteiger partial charge is 0.385 e. The van der Waals surface area contributed by atoms with Crippen LogP contribution in [-0.2, 0) is 18.3 Å². The van der Waals surface area contributed by atoms with Gasteiger partial charge in [-0.05, 0) is 18.1 Å². The third-order valence-corrected chi connectivity index (χ3v) is 3.48. The van der Waals surface area contributed by atoms with E-state index in [2.05, 4.69) is 15.6 Å². The van der Waals surface area contributed by atoms with Crippen molar-refractivity contribution < 1.29 is 4.79 Å². The number of nitrogens with one attached hydrogen (secondary N) is 1. The van der Waals surface area contributed by atoms with Crippen molar-refractivity contribution in [2.24, 2.45) is 7.05 Å². The molecule has 2 heterocycles. The van der Waals surface area contributed by atoms with Gasteiger partial charge in [-0.1, -0.05) is 23.4 Å². The van der Waals surface area contributed by atoms with Crippen LogP contribution >= 0.6 is 0 Å². The summed E-state index contributed by atoms with van der Waals surface area (Å²) in [6.07, 6.45) is 2.99. The molecule has 0 saturated carbocycles. The van der Waals surface area contributed by atoms with Crippen molar-refractivity contribution in [3.63, 3.8) is 0 Å². The third kappa shape index (κ3) is 2.36. The molecule has 0 bridgehead atoms. The summed E-state index contributed by atoms with van der Waals surface area (Å²) >= 11 is 0. The van der Waals surface area contributed by atoms with E-state index < -0.39 is 0 Å². The lowest BCUT2D eigenvalue weighted by atomic mass is 9.86. The topological polar surface area (TPSA) is 59.8 Å². The van der Waals surface area contributed by atoms with Crippen LogP contribution in [0.2, 0.25) is 0 Å². The molecule has 1 aliphatic heterocycles. The standard InChI is InChI=1S/C14H16N4O/c1-18-9-10(16-17-18)8-14(19)12-6-7-15-13-5-3-2-4-11(12)13/h2-5,9,12,15H,6-8H2,1H3. The molecule has 1 N–H and O–H groups in total. The van der Waals surface area contributed by atoms with Gasteiger partial charge in [0.25, 0.3) is 0 Å². The van der Waals surface area contributed by atoms with E-state index in [1.807, 2.05) is 24.3 Å². The van der Waals surface area contributed by atoms with E-state index in [9.17, 15) is 4.79 Å². The molecular weight excluding hydrogens is 240 g/mol. The number of Topliss-reactive ketones (excluding diaryl/α,β-unsaturated/α-hetero) is 1. The van der Waals surface area contributed by atoms with Crippen molar-refractivity contribution in [1.29, 1.82) is 0 Å². The molecule has 1 aromatic heterocycles. The Labute approximate surface area is 111 Å². The van der Waals surface area contributed by atoms with Gasteiger partial charge >= 0.3 is 0 Å². The number of benzene rings is 1. The average molecular weight is 256 g/mol. The Bertz CT molecular complexity index is 605. The molecule has 0 aliphatic carbocycles. The zero-order chi connectivity index (χ0) is 13.2. The third-order valence-electron chi connectivity index (χ3n) is 3.48. The molecule has 5 nitrogen and oxygen atoms in total. The molecule has 0 radical (unpaired) electrons. The van der Waals surface area contributed by atoms with E-state index in [4.69, 9.17) is 0 Å². The Morgan fingerprint density at radius 3 is 3.11 bits per heavy atom. The van der Waals surface area contributed by atoms with Crippen LogP contribution in [0.5, 0.6) is 0 Å². The van der Waals surface area contributed by atoms with Crippen molar-refractivity contribution in [3.05, 3.63) is 41.7 Å². The summed E-state index contributed by atoms with van der Waals surface area (Å²) in [6.45, 7) is 0.841. The SMILES string of the molecule is Cn1cc(CC(=O)C2CCNc3ccccc32)nn1. The van der Waals surface area contributed by atoms with Gasteiger partial charge in [-0.3, -0.25) is 9.48 Å². The summed E-state index contributed by atoms with van der Waals surface area (Å²) in [6, 6.07) is 8.02. The molecule has 1 aliphatic rings. The van der Waals surface area contributed by atoms with Gasteiger partial charge in [-0.15, -0.1) is 5.10 Å². The zero-order valence-corrected chi connectivity index (χ0v) is 10.8. The number of carbonyl (C=O) groups excluding carboxylic acids is 1. The van der Waals surface area contributed by atoms with Crippen molar-refractivity contribution in [2.45, 2.75) is 18.8 Å². The van der Waals surface area contributed by atoms with E-state index in [-0.39, 0.29) is 11.7 Å². The molecule has 0 amide bonds. The fourth-order valence-corrected chi connectivity index (χ4v) is 2.58. The molecule has 1 atom stereocenters. The van der Waals surface area contributed by atoms with Crippen molar-refractivity contribution >= 4 is 11.5 Å². The van der Waals surface area contributed by atoms with Gasteiger partial charge in [0.15, 0.2) is 0 Å². The molecule has 2 aromatic rings. The predicted octanol–water partition coefficient (Wildman–Crippen LogP) is 1.53. The Morgan fingerprint density at radius 1 is 1.47 bits per heavy atom. The highest BCUT2D eigenvalue weighted by atomic mass is 16.1. The number of para-hydroxylation sites is 1. The maximum atomic E-state index is 12.4. The van der Waals surface area contributed by atoms with Gasteiger partial charge in [0, 0.05) is 31.4 Å². The normalized spacial score (nSPS) is 17.6. The molecule has 0 fully saturated rings. The summed E-state index contributed by atoms with van der Waals surface area (Å²) in [7, 11) is 1.81. The van der Waals surface area contributed by atoms with Crippen LogP contribution in [0, 0.1) is 0 Å². The number of aromatic nitrogens is 3. The van der Waals surface area contributed by atoms with Gasteiger partial charge in [-0.2, -0.15) is 0 Å². The molecule has 3 rings (SSSR count). The molecule has 0 saturated heterocycles. The first-order chi connectivity index (χ1) is 9.24. The number of anilines is 1. The van der Waals surface area contributed by atoms with Gasteiger partial charge < -0.3 is 5.32 Å². The Balaban J connectivity index is 1.81. The Hall–Kier alpha value is -2.17. The molecule has 1 unspecified atom stereocenters. The van der Waals surface area contributed by atoms with E-state index in [1.165, 1.54) is 0 Å². The lowest BCUT2D eigenvalue weighted by Gasteiger charge is -2.25. The number of carbonyl (C=O) groups is 1. The first-order valence-electron chi connectivity index (χ1n) is 6.45. The van der Waals surface area contributed by atoms with Crippen molar-refractivity contribution in [2.75, 3.05) is 11.9 Å². The second-order valence-electron chi connectivity index (χ2n) is 4.88. The highest BCUT2D eigenvalue weighted by Crippen LogP contribution is 2.32. The number of fused-ring (bicyclic) bond motifs is 1. The predicted molar refractivity (Wildman–Crippen MR) is 72.0 cm³/mol. The summed E-state index contributed by atoms with van der Waals surface area (Å²) < 4.78 is 1.62. The summed E-state index contributed by atoms with van der Waals surface area (Å²) in [4.78, 5) is 12.4. The first kappa shape index (κ1) is 11.9. The van der Waals surface area contributed by atoms with Crippen molar-refractivity contribution in [1.82, 2.24) is 15.0 Å². The van der Waals surface area contributed by atoms with Gasteiger partial charge in [0.2, 0.25) is 0 Å². The number of hydrogen-bond acceptors (Lipinski definition) is 4. The summed E-state index contributed by atoms with van der Waals surface area (Å²) in [5.74, 6) is 0.189. The lowest BCUT2D eigenvalue weighted by molar-refractivity contribution is -0.120. The van der Waals surface area contributed by atoms with E-state index in [1.54, 1.807) is 17.9 Å². The van der Waals surface area contributed by atoms with E-state index in [0.717, 1.165) is 29.9 Å². The van der Waals surface area contributed by atoms with Crippen LogP contribution in [0.1, 0.15) is 23.6 Å². The maximum absolute atomic E-state index is 12.4. The fourth-order valence-electron chi connectivity index (χ4n) is 2.58. The van der Waals surface area contributed by atoms with Gasteiger partial charge in [-0.25, -0.2) is 0 Å². The molecule has 98 valence electrons. The maximum Gasteiger partial charge on any atom is 0.146 e. The van der Waals surface area contributed by atoms with Crippen LogP contribution < -0.4 is 5.32 Å². The average Bonchev–Trinajstić information content (AvgIpc) is 2.83.